The van der Waals surface area contributed by atoms with Crippen molar-refractivity contribution in [3.63, 3.8) is 0 Å². The lowest BCUT2D eigenvalue weighted by molar-refractivity contribution is -0.157. The molecule has 0 aliphatic carbocycles. The summed E-state index contributed by atoms with van der Waals surface area (Å²) < 4.78 is 40.0. The van der Waals surface area contributed by atoms with Crippen LogP contribution in [-0.2, 0) is 39.1 Å². The van der Waals surface area contributed by atoms with Crippen LogP contribution in [0.1, 0.15) is 16.7 Å². The van der Waals surface area contributed by atoms with E-state index in [9.17, 15) is 27.2 Å². The summed E-state index contributed by atoms with van der Waals surface area (Å²) in [6.45, 7) is 0.361. The molecular weight excluding hydrogens is 648 g/mol. The van der Waals surface area contributed by atoms with Crippen LogP contribution in [0, 0.1) is 5.82 Å². The quantitative estimate of drug-likeness (QED) is 0.243. The van der Waals surface area contributed by atoms with Gasteiger partial charge in [-0.25, -0.2) is 22.6 Å². The number of rotatable bonds is 9. The van der Waals surface area contributed by atoms with Gasteiger partial charge in [0.1, 0.15) is 18.0 Å². The van der Waals surface area contributed by atoms with Crippen molar-refractivity contribution in [1.82, 2.24) is 30.1 Å². The Bertz CT molecular complexity index is 1940. The number of anilines is 2. The maximum Gasteiger partial charge on any atom is 0.332 e. The van der Waals surface area contributed by atoms with Gasteiger partial charge in [0.25, 0.3) is 0 Å². The maximum absolute atomic E-state index is 14.2. The molecule has 47 heavy (non-hydrogen) atoms. The normalized spacial score (nSPS) is 18.4. The van der Waals surface area contributed by atoms with Crippen LogP contribution in [0.3, 0.4) is 0 Å². The first-order chi connectivity index (χ1) is 22.4. The lowest BCUT2D eigenvalue weighted by atomic mass is 9.99. The average Bonchev–Trinajstić information content (AvgIpc) is 3.57. The van der Waals surface area contributed by atoms with Crippen LogP contribution in [0.15, 0.2) is 66.7 Å². The van der Waals surface area contributed by atoms with Crippen LogP contribution in [0.2, 0.25) is 0 Å². The number of nitrogens with one attached hydrogen (secondary N) is 2. The highest BCUT2D eigenvalue weighted by Crippen LogP contribution is 2.32. The Morgan fingerprint density at radius 2 is 1.79 bits per heavy atom. The van der Waals surface area contributed by atoms with Crippen LogP contribution in [0.25, 0.3) is 10.2 Å². The zero-order valence-corrected chi connectivity index (χ0v) is 27.2. The van der Waals surface area contributed by atoms with Crippen LogP contribution in [-0.4, -0.2) is 89.7 Å². The number of urea groups is 1. The van der Waals surface area contributed by atoms with Crippen molar-refractivity contribution < 1.29 is 27.2 Å². The summed E-state index contributed by atoms with van der Waals surface area (Å²) >= 11 is 1.35. The van der Waals surface area contributed by atoms with E-state index in [0.717, 1.165) is 16.5 Å². The van der Waals surface area contributed by atoms with E-state index < -0.39 is 28.3 Å². The first kappa shape index (κ1) is 32.2. The van der Waals surface area contributed by atoms with E-state index in [1.807, 2.05) is 18.2 Å². The molecule has 0 saturated carbocycles. The molecule has 4 aromatic rings. The van der Waals surface area contributed by atoms with Crippen molar-refractivity contribution in [3.05, 3.63) is 89.2 Å². The van der Waals surface area contributed by atoms with Gasteiger partial charge in [-0.1, -0.05) is 47.7 Å². The van der Waals surface area contributed by atoms with Crippen molar-refractivity contribution in [1.29, 1.82) is 0 Å². The number of hydrazine groups is 1. The van der Waals surface area contributed by atoms with Crippen molar-refractivity contribution in [2.24, 2.45) is 0 Å². The molecule has 2 saturated heterocycles. The lowest BCUT2D eigenvalue weighted by Crippen LogP contribution is -2.65. The number of piperazine rings is 1. The number of thiazole rings is 1. The minimum absolute atomic E-state index is 0.127. The molecule has 0 radical (unpaired) electrons. The predicted molar refractivity (Wildman–Crippen MR) is 176 cm³/mol. The number of carbonyl (C=O) groups excluding carboxylic acids is 3. The zero-order valence-electron chi connectivity index (χ0n) is 25.6. The second-order valence-corrected chi connectivity index (χ2v) is 14.3. The van der Waals surface area contributed by atoms with Gasteiger partial charge < -0.3 is 20.9 Å². The Morgan fingerprint density at radius 1 is 1.09 bits per heavy atom. The minimum Gasteiger partial charge on any atom is -0.375 e. The molecule has 2 aliphatic heterocycles. The number of halogens is 1. The monoisotopic (exact) mass is 680 g/mol. The molecule has 16 heteroatoms. The Labute approximate surface area is 274 Å². The maximum atomic E-state index is 14.2. The first-order valence-corrected chi connectivity index (χ1v) is 17.4. The van der Waals surface area contributed by atoms with E-state index in [0.29, 0.717) is 27.5 Å². The molecule has 4 N–H and O–H groups in total. The van der Waals surface area contributed by atoms with E-state index in [2.05, 4.69) is 15.0 Å². The molecule has 3 aromatic carbocycles. The topological polar surface area (TPSA) is 161 Å². The van der Waals surface area contributed by atoms with Gasteiger partial charge in [0.05, 0.1) is 29.6 Å². The number of amides is 4. The van der Waals surface area contributed by atoms with Gasteiger partial charge in [0.15, 0.2) is 5.13 Å². The second kappa shape index (κ2) is 12.8. The Morgan fingerprint density at radius 3 is 2.49 bits per heavy atom. The summed E-state index contributed by atoms with van der Waals surface area (Å²) in [5.41, 5.74) is 9.28. The molecule has 2 fully saturated rings. The summed E-state index contributed by atoms with van der Waals surface area (Å²) in [6, 6.07) is 16.7. The Kier molecular flexibility index (Phi) is 8.74. The summed E-state index contributed by atoms with van der Waals surface area (Å²) in [7, 11) is -1.92. The number of sulfonamides is 1. The van der Waals surface area contributed by atoms with E-state index in [4.69, 9.17) is 5.73 Å². The van der Waals surface area contributed by atoms with E-state index >= 15 is 0 Å². The molecule has 2 aliphatic rings. The minimum atomic E-state index is -3.47. The van der Waals surface area contributed by atoms with E-state index in [1.165, 1.54) is 33.4 Å². The number of hydrogen-bond acceptors (Lipinski definition) is 9. The molecule has 3 heterocycles. The van der Waals surface area contributed by atoms with Gasteiger partial charge in [-0.2, -0.15) is 5.01 Å². The highest BCUT2D eigenvalue weighted by molar-refractivity contribution is 7.92. The predicted octanol–water partition coefficient (Wildman–Crippen LogP) is 2.57. The number of nitrogens with zero attached hydrogens (tertiary/aromatic N) is 5. The SMILES string of the molecule is CN(C(=O)NCc1ccc(F)cc1)N1CC(=O)N2[C@@H](Cc3ccc(NS(C)(=O)=O)cc3)C(=O)N(Cc3cccc4sc(N)nc34)C[C@@H]21. The molecule has 6 rings (SSSR count). The summed E-state index contributed by atoms with van der Waals surface area (Å²) in [5, 5.41) is 6.19. The molecule has 0 bridgehead atoms. The molecule has 2 atom stereocenters. The first-order valence-electron chi connectivity index (χ1n) is 14.7. The van der Waals surface area contributed by atoms with Crippen LogP contribution < -0.4 is 15.8 Å². The van der Waals surface area contributed by atoms with Gasteiger partial charge in [-0.3, -0.25) is 19.3 Å². The lowest BCUT2D eigenvalue weighted by Gasteiger charge is -2.45. The highest BCUT2D eigenvalue weighted by atomic mass is 32.2. The van der Waals surface area contributed by atoms with Crippen LogP contribution in [0.5, 0.6) is 0 Å². The number of benzene rings is 3. The molecular formula is C31H33FN8O5S2. The standard InChI is InChI=1S/C31H33FN8O5S2/c1-37(31(43)34-15-20-6-10-22(32)11-7-20)39-18-27(41)40-24(14-19-8-12-23(13-9-19)36-47(2,44)45)29(42)38(17-26(39)40)16-21-4-3-5-25-28(21)35-30(33)46-25/h3-13,24,26,36H,14-18H2,1-2H3,(H2,33,35)(H,34,43)/t24-,26+/m0/s1. The zero-order chi connectivity index (χ0) is 33.5. The van der Waals surface area contributed by atoms with E-state index in [1.54, 1.807) is 53.4 Å². The third kappa shape index (κ3) is 6.99. The molecule has 1 aromatic heterocycles. The van der Waals surface area contributed by atoms with Gasteiger partial charge in [-0.15, -0.1) is 0 Å². The molecule has 13 nitrogen and oxygen atoms in total. The van der Waals surface area contributed by atoms with Gasteiger partial charge in [-0.05, 0) is 47.0 Å². The van der Waals surface area contributed by atoms with Crippen molar-refractivity contribution >= 4 is 60.2 Å². The summed E-state index contributed by atoms with van der Waals surface area (Å²) in [5.74, 6) is -0.954. The number of fused-ring (bicyclic) bond motifs is 2. The van der Waals surface area contributed by atoms with Gasteiger partial charge in [0.2, 0.25) is 21.8 Å². The fourth-order valence-electron chi connectivity index (χ4n) is 5.96. The largest absolute Gasteiger partial charge is 0.375 e. The van der Waals surface area contributed by atoms with Gasteiger partial charge in [0, 0.05) is 32.2 Å². The molecule has 0 spiro atoms. The number of para-hydroxylation sites is 1. The number of carbonyl (C=O) groups is 3. The number of hydrogen-bond donors (Lipinski definition) is 3. The Balaban J connectivity index is 1.27. The van der Waals surface area contributed by atoms with Crippen molar-refractivity contribution in [2.75, 3.05) is 36.8 Å². The summed E-state index contributed by atoms with van der Waals surface area (Å²) in [4.78, 5) is 48.7. The Hall–Kier alpha value is -4.80. The van der Waals surface area contributed by atoms with Crippen LogP contribution >= 0.6 is 11.3 Å². The van der Waals surface area contributed by atoms with Gasteiger partial charge >= 0.3 is 6.03 Å². The molecule has 4 amide bonds. The fraction of sp³-hybridized carbons (Fsp3) is 0.290. The van der Waals surface area contributed by atoms with E-state index in [-0.39, 0.29) is 50.2 Å². The smallest absolute Gasteiger partial charge is 0.332 e. The third-order valence-electron chi connectivity index (χ3n) is 8.17. The van der Waals surface area contributed by atoms with Crippen LogP contribution in [0.4, 0.5) is 20.0 Å². The number of nitrogen functional groups attached to an aromatic ring is 1. The number of aromatic nitrogens is 1. The average molecular weight is 681 g/mol. The third-order valence-corrected chi connectivity index (χ3v) is 9.63. The summed E-state index contributed by atoms with van der Waals surface area (Å²) in [6.07, 6.45) is 0.568. The molecule has 0 unspecified atom stereocenters. The second-order valence-electron chi connectivity index (χ2n) is 11.5. The number of nitrogens with two attached hydrogens (primary N) is 1. The van der Waals surface area contributed by atoms with Crippen molar-refractivity contribution in [3.8, 4) is 0 Å². The van der Waals surface area contributed by atoms with Crippen molar-refractivity contribution in [2.45, 2.75) is 31.7 Å². The highest BCUT2D eigenvalue weighted by Gasteiger charge is 2.51. The molecule has 246 valence electrons. The fourth-order valence-corrected chi connectivity index (χ4v) is 7.31.